The Morgan fingerprint density at radius 2 is 1.18 bits per heavy atom. The van der Waals surface area contributed by atoms with Crippen molar-refractivity contribution < 1.29 is 33.4 Å². The zero-order chi connectivity index (χ0) is 29.8. The number of hydrogen-bond acceptors (Lipinski definition) is 9. The molecule has 1 aliphatic rings. The average Bonchev–Trinajstić information content (AvgIpc) is 2.84. The van der Waals surface area contributed by atoms with E-state index in [2.05, 4.69) is 0 Å². The maximum Gasteiger partial charge on any atom is 0.410 e. The second-order valence-corrected chi connectivity index (χ2v) is 11.9. The zero-order valence-electron chi connectivity index (χ0n) is 24.9. The Kier molecular flexibility index (Phi) is 12.9. The summed E-state index contributed by atoms with van der Waals surface area (Å²) in [4.78, 5) is 57.0. The van der Waals surface area contributed by atoms with Crippen molar-refractivity contribution >= 4 is 24.4 Å². The van der Waals surface area contributed by atoms with E-state index in [-0.39, 0.29) is 44.7 Å². The second-order valence-electron chi connectivity index (χ2n) is 11.9. The van der Waals surface area contributed by atoms with Gasteiger partial charge in [0.1, 0.15) is 17.8 Å². The molecule has 1 aromatic carbocycles. The fraction of sp³-hybridized carbons (Fsp3) is 0.655. The van der Waals surface area contributed by atoms with Gasteiger partial charge in [-0.3, -0.25) is 24.2 Å². The Balaban J connectivity index is 2.17. The Bertz CT molecular complexity index is 913. The first kappa shape index (κ1) is 33.0. The third-order valence-corrected chi connectivity index (χ3v) is 5.94. The predicted octanol–water partition coefficient (Wildman–Crippen LogP) is 2.38. The number of benzene rings is 1. The van der Waals surface area contributed by atoms with Gasteiger partial charge >= 0.3 is 18.0 Å². The van der Waals surface area contributed by atoms with Crippen molar-refractivity contribution in [2.45, 2.75) is 59.4 Å². The molecule has 224 valence electrons. The van der Waals surface area contributed by atoms with Crippen LogP contribution in [0.4, 0.5) is 4.79 Å². The maximum atomic E-state index is 13.1. The number of nitrogens with zero attached hydrogens (tertiary/aromatic N) is 4. The Hall–Kier alpha value is -3.18. The molecule has 1 saturated heterocycles. The van der Waals surface area contributed by atoms with Crippen molar-refractivity contribution in [2.75, 3.05) is 65.4 Å². The van der Waals surface area contributed by atoms with Crippen molar-refractivity contribution in [2.24, 2.45) is 0 Å². The molecular weight excluding hydrogens is 516 g/mol. The largest absolute Gasteiger partial charge is 0.459 e. The van der Waals surface area contributed by atoms with Crippen LogP contribution in [0.3, 0.4) is 0 Å². The zero-order valence-corrected chi connectivity index (χ0v) is 24.9. The Morgan fingerprint density at radius 1 is 0.725 bits per heavy atom. The molecule has 1 fully saturated rings. The molecule has 1 aliphatic heterocycles. The average molecular weight is 563 g/mol. The highest BCUT2D eigenvalue weighted by Crippen LogP contribution is 2.10. The van der Waals surface area contributed by atoms with Crippen LogP contribution in [0.5, 0.6) is 0 Å². The number of carbonyl (C=O) groups is 4. The normalized spacial score (nSPS) is 16.9. The van der Waals surface area contributed by atoms with Crippen LogP contribution in [0.25, 0.3) is 0 Å². The highest BCUT2D eigenvalue weighted by atomic mass is 16.6. The first-order valence-electron chi connectivity index (χ1n) is 13.8. The third-order valence-electron chi connectivity index (χ3n) is 5.94. The lowest BCUT2D eigenvalue weighted by Gasteiger charge is -2.33. The first-order valence-corrected chi connectivity index (χ1v) is 13.8. The molecule has 0 radical (unpaired) electrons. The van der Waals surface area contributed by atoms with E-state index in [0.29, 0.717) is 39.3 Å². The molecule has 2 rings (SSSR count). The number of carbonyl (C=O) groups excluding carboxylic acids is 4. The minimum atomic E-state index is -0.622. The van der Waals surface area contributed by atoms with E-state index < -0.39 is 17.3 Å². The third kappa shape index (κ3) is 13.7. The summed E-state index contributed by atoms with van der Waals surface area (Å²) in [6, 6.07) is 9.42. The van der Waals surface area contributed by atoms with E-state index in [1.807, 2.05) is 81.7 Å². The van der Waals surface area contributed by atoms with E-state index in [1.54, 1.807) is 9.80 Å². The van der Waals surface area contributed by atoms with Crippen LogP contribution < -0.4 is 0 Å². The Morgan fingerprint density at radius 3 is 1.60 bits per heavy atom. The molecule has 2 amide bonds. The molecule has 0 N–H and O–H groups in total. The molecule has 11 heteroatoms. The first-order chi connectivity index (χ1) is 18.7. The van der Waals surface area contributed by atoms with Gasteiger partial charge in [-0.15, -0.1) is 0 Å². The Labute approximate surface area is 238 Å². The fourth-order valence-electron chi connectivity index (χ4n) is 4.04. The number of rotatable bonds is 7. The number of esters is 2. The molecule has 40 heavy (non-hydrogen) atoms. The second kappa shape index (κ2) is 15.6. The SMILES string of the molecule is CC(C)(C)OC(=O)CN1CCN(C=O)CCN(CC(=O)OC(C)(C)C)CCN(C(=O)OCc2ccccc2)CC1. The molecule has 0 unspecified atom stereocenters. The number of ether oxygens (including phenoxy) is 3. The molecular formula is C29H46N4O7. The highest BCUT2D eigenvalue weighted by Gasteiger charge is 2.25. The van der Waals surface area contributed by atoms with Crippen LogP contribution in [0, 0.1) is 0 Å². The summed E-state index contributed by atoms with van der Waals surface area (Å²) in [6.07, 6.45) is 0.293. The molecule has 1 aromatic rings. The quantitative estimate of drug-likeness (QED) is 0.281. The van der Waals surface area contributed by atoms with E-state index in [4.69, 9.17) is 14.2 Å². The summed E-state index contributed by atoms with van der Waals surface area (Å²) in [6.45, 7) is 14.0. The summed E-state index contributed by atoms with van der Waals surface area (Å²) in [7, 11) is 0. The van der Waals surface area contributed by atoms with E-state index in [0.717, 1.165) is 12.0 Å². The van der Waals surface area contributed by atoms with Crippen LogP contribution in [-0.4, -0.2) is 121 Å². The van der Waals surface area contributed by atoms with Gasteiger partial charge in [-0.1, -0.05) is 30.3 Å². The van der Waals surface area contributed by atoms with Crippen molar-refractivity contribution in [3.8, 4) is 0 Å². The van der Waals surface area contributed by atoms with Gasteiger partial charge in [0, 0.05) is 52.4 Å². The molecule has 0 aromatic heterocycles. The minimum absolute atomic E-state index is 0.0294. The van der Waals surface area contributed by atoms with Crippen LogP contribution in [-0.2, 0) is 35.2 Å². The predicted molar refractivity (Wildman–Crippen MR) is 150 cm³/mol. The lowest BCUT2D eigenvalue weighted by atomic mass is 10.2. The lowest BCUT2D eigenvalue weighted by molar-refractivity contribution is -0.157. The van der Waals surface area contributed by atoms with Crippen molar-refractivity contribution in [1.82, 2.24) is 19.6 Å². The van der Waals surface area contributed by atoms with Gasteiger partial charge in [0.15, 0.2) is 0 Å². The highest BCUT2D eigenvalue weighted by molar-refractivity contribution is 5.72. The van der Waals surface area contributed by atoms with E-state index in [9.17, 15) is 19.2 Å². The summed E-state index contributed by atoms with van der Waals surface area (Å²) in [5.41, 5.74) is -0.371. The van der Waals surface area contributed by atoms with E-state index >= 15 is 0 Å². The van der Waals surface area contributed by atoms with Gasteiger partial charge < -0.3 is 24.0 Å². The minimum Gasteiger partial charge on any atom is -0.459 e. The maximum absolute atomic E-state index is 13.1. The van der Waals surface area contributed by atoms with E-state index in [1.165, 1.54) is 0 Å². The molecule has 0 atom stereocenters. The van der Waals surface area contributed by atoms with Gasteiger partial charge in [-0.25, -0.2) is 4.79 Å². The van der Waals surface area contributed by atoms with Gasteiger partial charge in [0.05, 0.1) is 13.1 Å². The lowest BCUT2D eigenvalue weighted by Crippen LogP contribution is -2.49. The van der Waals surface area contributed by atoms with Crippen molar-refractivity contribution in [1.29, 1.82) is 0 Å². The molecule has 0 aliphatic carbocycles. The van der Waals surface area contributed by atoms with Crippen LogP contribution in [0.2, 0.25) is 0 Å². The van der Waals surface area contributed by atoms with Crippen LogP contribution in [0.1, 0.15) is 47.1 Å². The molecule has 1 heterocycles. The summed E-state index contributed by atoms with van der Waals surface area (Å²) in [5, 5.41) is 0. The van der Waals surface area contributed by atoms with Gasteiger partial charge in [-0.05, 0) is 47.1 Å². The number of hydrogen-bond donors (Lipinski definition) is 0. The monoisotopic (exact) mass is 562 g/mol. The smallest absolute Gasteiger partial charge is 0.410 e. The fourth-order valence-corrected chi connectivity index (χ4v) is 4.04. The van der Waals surface area contributed by atoms with Gasteiger partial charge in [0.2, 0.25) is 6.41 Å². The molecule has 0 bridgehead atoms. The molecule has 0 spiro atoms. The number of amides is 2. The van der Waals surface area contributed by atoms with Crippen LogP contribution in [0.15, 0.2) is 30.3 Å². The summed E-state index contributed by atoms with van der Waals surface area (Å²) < 4.78 is 16.6. The van der Waals surface area contributed by atoms with Crippen LogP contribution >= 0.6 is 0 Å². The summed E-state index contributed by atoms with van der Waals surface area (Å²) >= 11 is 0. The van der Waals surface area contributed by atoms with Gasteiger partial charge in [-0.2, -0.15) is 0 Å². The standard InChI is InChI=1S/C29H46N4O7/c1-28(2,3)39-25(35)20-30-12-14-32(23-34)15-13-31(21-26(36)40-29(4,5)6)17-19-33(18-16-30)27(37)38-22-24-10-8-7-9-11-24/h7-11,23H,12-22H2,1-6H3. The topological polar surface area (TPSA) is 109 Å². The van der Waals surface area contributed by atoms with Crippen molar-refractivity contribution in [3.63, 3.8) is 0 Å². The molecule has 11 nitrogen and oxygen atoms in total. The molecule has 0 saturated carbocycles. The van der Waals surface area contributed by atoms with Gasteiger partial charge in [0.25, 0.3) is 0 Å². The summed E-state index contributed by atoms with van der Waals surface area (Å²) in [5.74, 6) is -0.752. The van der Waals surface area contributed by atoms with Crippen molar-refractivity contribution in [3.05, 3.63) is 35.9 Å².